The van der Waals surface area contributed by atoms with Gasteiger partial charge in [-0.2, -0.15) is 0 Å². The third-order valence-corrected chi connectivity index (χ3v) is 4.39. The normalized spacial score (nSPS) is 14.6. The van der Waals surface area contributed by atoms with Crippen molar-refractivity contribution in [3.63, 3.8) is 0 Å². The molecule has 5 nitrogen and oxygen atoms in total. The zero-order valence-corrected chi connectivity index (χ0v) is 12.8. The molecular formula is C12H13BrN4OS. The predicted molar refractivity (Wildman–Crippen MR) is 77.6 cm³/mol. The fraction of sp³-hybridized carbons (Fsp3) is 0.417. The first-order valence-corrected chi connectivity index (χ1v) is 7.79. The molecule has 2 aromatic heterocycles. The predicted octanol–water partition coefficient (Wildman–Crippen LogP) is 3.25. The number of nitrogens with one attached hydrogen (secondary N) is 1. The van der Waals surface area contributed by atoms with Gasteiger partial charge in [-0.15, -0.1) is 10.2 Å². The Morgan fingerprint density at radius 3 is 3.00 bits per heavy atom. The fourth-order valence-electron chi connectivity index (χ4n) is 1.89. The van der Waals surface area contributed by atoms with Crippen molar-refractivity contribution in [1.82, 2.24) is 14.8 Å². The molecule has 1 amide bonds. The monoisotopic (exact) mass is 340 g/mol. The Kier molecular flexibility index (Phi) is 3.40. The molecule has 1 fully saturated rings. The number of rotatable bonds is 4. The van der Waals surface area contributed by atoms with Crippen LogP contribution >= 0.6 is 27.3 Å². The number of aryl methyl sites for hydroxylation is 1. The average Bonchev–Trinajstić information content (AvgIpc) is 3.01. The van der Waals surface area contributed by atoms with Crippen LogP contribution in [0.25, 0.3) is 0 Å². The van der Waals surface area contributed by atoms with E-state index >= 15 is 0 Å². The van der Waals surface area contributed by atoms with E-state index in [4.69, 9.17) is 0 Å². The average molecular weight is 341 g/mol. The van der Waals surface area contributed by atoms with Crippen molar-refractivity contribution in [2.24, 2.45) is 0 Å². The van der Waals surface area contributed by atoms with Gasteiger partial charge in [-0.25, -0.2) is 0 Å². The van der Waals surface area contributed by atoms with E-state index in [9.17, 15) is 4.79 Å². The summed E-state index contributed by atoms with van der Waals surface area (Å²) < 4.78 is 2.96. The Hall–Kier alpha value is -1.21. The first-order valence-electron chi connectivity index (χ1n) is 6.18. The molecule has 0 radical (unpaired) electrons. The molecule has 0 atom stereocenters. The summed E-state index contributed by atoms with van der Waals surface area (Å²) >= 11 is 4.84. The SMILES string of the molecule is CCc1nnc(NC(=O)c2cc(Br)cn2C2CC2)s1. The van der Waals surface area contributed by atoms with Crippen LogP contribution in [0.15, 0.2) is 16.7 Å². The molecule has 7 heteroatoms. The van der Waals surface area contributed by atoms with Crippen LogP contribution in [0.3, 0.4) is 0 Å². The number of amides is 1. The number of aromatic nitrogens is 3. The van der Waals surface area contributed by atoms with Gasteiger partial charge in [0, 0.05) is 16.7 Å². The minimum Gasteiger partial charge on any atom is -0.339 e. The Morgan fingerprint density at radius 1 is 1.58 bits per heavy atom. The van der Waals surface area contributed by atoms with Crippen molar-refractivity contribution in [1.29, 1.82) is 0 Å². The lowest BCUT2D eigenvalue weighted by molar-refractivity contribution is 0.101. The highest BCUT2D eigenvalue weighted by Crippen LogP contribution is 2.37. The van der Waals surface area contributed by atoms with E-state index in [1.165, 1.54) is 11.3 Å². The maximum absolute atomic E-state index is 12.3. The van der Waals surface area contributed by atoms with E-state index in [1.807, 2.05) is 23.8 Å². The molecule has 0 aliphatic heterocycles. The smallest absolute Gasteiger partial charge is 0.274 e. The molecule has 0 spiro atoms. The zero-order valence-electron chi connectivity index (χ0n) is 10.4. The van der Waals surface area contributed by atoms with E-state index in [0.717, 1.165) is 28.7 Å². The van der Waals surface area contributed by atoms with E-state index in [1.54, 1.807) is 0 Å². The van der Waals surface area contributed by atoms with Crippen molar-refractivity contribution in [3.05, 3.63) is 27.4 Å². The molecule has 0 aromatic carbocycles. The van der Waals surface area contributed by atoms with Crippen LogP contribution < -0.4 is 5.32 Å². The van der Waals surface area contributed by atoms with Gasteiger partial charge < -0.3 is 4.57 Å². The topological polar surface area (TPSA) is 59.8 Å². The van der Waals surface area contributed by atoms with Crippen molar-refractivity contribution in [3.8, 4) is 0 Å². The summed E-state index contributed by atoms with van der Waals surface area (Å²) in [7, 11) is 0. The highest BCUT2D eigenvalue weighted by molar-refractivity contribution is 9.10. The number of hydrogen-bond acceptors (Lipinski definition) is 4. The lowest BCUT2D eigenvalue weighted by atomic mass is 10.4. The summed E-state index contributed by atoms with van der Waals surface area (Å²) in [6, 6.07) is 2.31. The quantitative estimate of drug-likeness (QED) is 0.929. The molecular weight excluding hydrogens is 328 g/mol. The van der Waals surface area contributed by atoms with E-state index in [2.05, 4.69) is 31.4 Å². The molecule has 1 N–H and O–H groups in total. The molecule has 2 heterocycles. The van der Waals surface area contributed by atoms with Gasteiger partial charge in [-0.3, -0.25) is 10.1 Å². The van der Waals surface area contributed by atoms with Gasteiger partial charge in [0.05, 0.1) is 0 Å². The molecule has 19 heavy (non-hydrogen) atoms. The van der Waals surface area contributed by atoms with Gasteiger partial charge in [0.1, 0.15) is 10.7 Å². The van der Waals surface area contributed by atoms with Crippen LogP contribution in [0.2, 0.25) is 0 Å². The fourth-order valence-corrected chi connectivity index (χ4v) is 3.00. The van der Waals surface area contributed by atoms with Crippen LogP contribution in [0, 0.1) is 0 Å². The van der Waals surface area contributed by atoms with E-state index in [0.29, 0.717) is 16.9 Å². The van der Waals surface area contributed by atoms with Crippen LogP contribution in [-0.2, 0) is 6.42 Å². The van der Waals surface area contributed by atoms with Crippen molar-refractivity contribution >= 4 is 38.3 Å². The van der Waals surface area contributed by atoms with Gasteiger partial charge in [-0.1, -0.05) is 18.3 Å². The summed E-state index contributed by atoms with van der Waals surface area (Å²) in [5, 5.41) is 12.3. The van der Waals surface area contributed by atoms with Gasteiger partial charge in [-0.05, 0) is 41.3 Å². The number of carbonyl (C=O) groups is 1. The van der Waals surface area contributed by atoms with Gasteiger partial charge >= 0.3 is 0 Å². The molecule has 1 aliphatic carbocycles. The zero-order chi connectivity index (χ0) is 13.4. The standard InChI is InChI=1S/C12H13BrN4OS/c1-2-10-15-16-12(19-10)14-11(18)9-5-7(13)6-17(9)8-3-4-8/h5-6,8H,2-4H2,1H3,(H,14,16,18). The number of hydrogen-bond donors (Lipinski definition) is 1. The molecule has 2 aromatic rings. The molecule has 0 bridgehead atoms. The number of halogens is 1. The van der Waals surface area contributed by atoms with E-state index in [-0.39, 0.29) is 5.91 Å². The molecule has 3 rings (SSSR count). The Labute approximate surface area is 123 Å². The first kappa shape index (κ1) is 12.8. The summed E-state index contributed by atoms with van der Waals surface area (Å²) in [4.78, 5) is 12.3. The Morgan fingerprint density at radius 2 is 2.37 bits per heavy atom. The number of anilines is 1. The third kappa shape index (κ3) is 2.71. The molecule has 0 saturated heterocycles. The van der Waals surface area contributed by atoms with Crippen LogP contribution in [-0.4, -0.2) is 20.7 Å². The summed E-state index contributed by atoms with van der Waals surface area (Å²) in [5.41, 5.74) is 0.669. The second-order valence-corrected chi connectivity index (χ2v) is 6.47. The highest BCUT2D eigenvalue weighted by atomic mass is 79.9. The lowest BCUT2D eigenvalue weighted by Crippen LogP contribution is -2.16. The van der Waals surface area contributed by atoms with Crippen LogP contribution in [0.1, 0.15) is 41.3 Å². The number of nitrogens with zero attached hydrogens (tertiary/aromatic N) is 3. The summed E-state index contributed by atoms with van der Waals surface area (Å²) in [6.07, 6.45) is 5.07. The van der Waals surface area contributed by atoms with Crippen molar-refractivity contribution in [2.75, 3.05) is 5.32 Å². The largest absolute Gasteiger partial charge is 0.339 e. The van der Waals surface area contributed by atoms with E-state index < -0.39 is 0 Å². The third-order valence-electron chi connectivity index (χ3n) is 2.98. The van der Waals surface area contributed by atoms with Crippen LogP contribution in [0.5, 0.6) is 0 Å². The van der Waals surface area contributed by atoms with Crippen molar-refractivity contribution in [2.45, 2.75) is 32.2 Å². The molecule has 100 valence electrons. The summed E-state index contributed by atoms with van der Waals surface area (Å²) in [5.74, 6) is -0.128. The molecule has 1 aliphatic rings. The first-order chi connectivity index (χ1) is 9.17. The number of carbonyl (C=O) groups excluding carboxylic acids is 1. The Balaban J connectivity index is 1.79. The molecule has 1 saturated carbocycles. The van der Waals surface area contributed by atoms with Gasteiger partial charge in [0.25, 0.3) is 5.91 Å². The highest BCUT2D eigenvalue weighted by Gasteiger charge is 2.28. The minimum atomic E-state index is -0.128. The van der Waals surface area contributed by atoms with Gasteiger partial charge in [0.2, 0.25) is 5.13 Å². The maximum Gasteiger partial charge on any atom is 0.274 e. The second-order valence-electron chi connectivity index (χ2n) is 4.49. The van der Waals surface area contributed by atoms with Crippen molar-refractivity contribution < 1.29 is 4.79 Å². The van der Waals surface area contributed by atoms with Gasteiger partial charge in [0.15, 0.2) is 0 Å². The maximum atomic E-state index is 12.3. The minimum absolute atomic E-state index is 0.128. The summed E-state index contributed by atoms with van der Waals surface area (Å²) in [6.45, 7) is 2.02. The second kappa shape index (κ2) is 5.05. The lowest BCUT2D eigenvalue weighted by Gasteiger charge is -2.06. The Bertz CT molecular complexity index is 617. The molecule has 0 unspecified atom stereocenters. The van der Waals surface area contributed by atoms with Crippen LogP contribution in [0.4, 0.5) is 5.13 Å².